The van der Waals surface area contributed by atoms with Crippen LogP contribution in [0.2, 0.25) is 0 Å². The van der Waals surface area contributed by atoms with Crippen molar-refractivity contribution >= 4 is 0 Å². The lowest BCUT2D eigenvalue weighted by molar-refractivity contribution is 0.191. The summed E-state index contributed by atoms with van der Waals surface area (Å²) in [4.78, 5) is 0. The monoisotopic (exact) mass is 115 g/mol. The van der Waals surface area contributed by atoms with Gasteiger partial charge in [-0.25, -0.2) is 0 Å². The van der Waals surface area contributed by atoms with Gasteiger partial charge < -0.3 is 10.8 Å². The highest BCUT2D eigenvalue weighted by atomic mass is 16.3. The molecule has 0 aromatic rings. The van der Waals surface area contributed by atoms with Crippen LogP contribution in [0.15, 0.2) is 0 Å². The molecule has 0 aromatic heterocycles. The van der Waals surface area contributed by atoms with E-state index in [0.29, 0.717) is 5.92 Å². The summed E-state index contributed by atoms with van der Waals surface area (Å²) in [5.74, 6) is 0.590. The van der Waals surface area contributed by atoms with Gasteiger partial charge in [-0.1, -0.05) is 0 Å². The minimum absolute atomic E-state index is 0.123. The van der Waals surface area contributed by atoms with Gasteiger partial charge in [0.2, 0.25) is 0 Å². The summed E-state index contributed by atoms with van der Waals surface area (Å²) < 4.78 is 0. The van der Waals surface area contributed by atoms with Crippen molar-refractivity contribution < 1.29 is 5.11 Å². The van der Waals surface area contributed by atoms with Crippen molar-refractivity contribution in [3.63, 3.8) is 0 Å². The zero-order valence-corrected chi connectivity index (χ0v) is 5.22. The first kappa shape index (κ1) is 6.05. The summed E-state index contributed by atoms with van der Waals surface area (Å²) >= 11 is 0. The Morgan fingerprint density at radius 1 is 1.75 bits per heavy atom. The maximum atomic E-state index is 8.68. The summed E-state index contributed by atoms with van der Waals surface area (Å²) in [6, 6.07) is 0. The van der Waals surface area contributed by atoms with E-state index in [4.69, 9.17) is 10.8 Å². The first-order chi connectivity index (χ1) is 3.67. The van der Waals surface area contributed by atoms with Crippen LogP contribution in [0.4, 0.5) is 0 Å². The molecule has 1 aliphatic rings. The summed E-state index contributed by atoms with van der Waals surface area (Å²) in [7, 11) is 0. The molecule has 0 saturated heterocycles. The molecule has 0 unspecified atom stereocenters. The van der Waals surface area contributed by atoms with Gasteiger partial charge >= 0.3 is 0 Å². The van der Waals surface area contributed by atoms with Gasteiger partial charge in [0.1, 0.15) is 0 Å². The molecule has 1 saturated carbocycles. The van der Waals surface area contributed by atoms with E-state index in [0.717, 1.165) is 0 Å². The zero-order chi connectivity index (χ0) is 6.20. The van der Waals surface area contributed by atoms with E-state index in [2.05, 4.69) is 0 Å². The topological polar surface area (TPSA) is 46.2 Å². The van der Waals surface area contributed by atoms with Crippen LogP contribution in [0.25, 0.3) is 0 Å². The summed E-state index contributed by atoms with van der Waals surface area (Å²) in [6.45, 7) is 2.03. The third-order valence-corrected chi connectivity index (χ3v) is 1.85. The molecule has 1 rings (SSSR count). The minimum atomic E-state index is -0.292. The van der Waals surface area contributed by atoms with Crippen molar-refractivity contribution in [1.29, 1.82) is 0 Å². The van der Waals surface area contributed by atoms with Gasteiger partial charge in [-0.3, -0.25) is 0 Å². The summed E-state index contributed by atoms with van der Waals surface area (Å²) in [6.07, 6.45) is 2.40. The summed E-state index contributed by atoms with van der Waals surface area (Å²) in [5, 5.41) is 8.68. The molecule has 0 amide bonds. The van der Waals surface area contributed by atoms with Crippen LogP contribution in [-0.4, -0.2) is 17.3 Å². The second kappa shape index (κ2) is 1.71. The number of nitrogens with two attached hydrogens (primary N) is 1. The number of hydrogen-bond donors (Lipinski definition) is 2. The first-order valence-electron chi connectivity index (χ1n) is 3.06. The van der Waals surface area contributed by atoms with E-state index in [9.17, 15) is 0 Å². The lowest BCUT2D eigenvalue weighted by Crippen LogP contribution is -2.42. The van der Waals surface area contributed by atoms with Crippen molar-refractivity contribution in [2.75, 3.05) is 6.61 Å². The van der Waals surface area contributed by atoms with Gasteiger partial charge in [-0.2, -0.15) is 0 Å². The Morgan fingerprint density at radius 3 is 2.38 bits per heavy atom. The molecule has 0 aliphatic heterocycles. The van der Waals surface area contributed by atoms with Gasteiger partial charge in [-0.15, -0.1) is 0 Å². The molecule has 0 aromatic carbocycles. The van der Waals surface area contributed by atoms with Crippen LogP contribution in [0, 0.1) is 5.92 Å². The smallest absolute Gasteiger partial charge is 0.0611 e. The first-order valence-corrected chi connectivity index (χ1v) is 3.06. The van der Waals surface area contributed by atoms with E-state index >= 15 is 0 Å². The lowest BCUT2D eigenvalue weighted by atomic mass is 9.99. The van der Waals surface area contributed by atoms with Gasteiger partial charge in [0.05, 0.1) is 6.61 Å². The molecular weight excluding hydrogens is 102 g/mol. The molecule has 0 spiro atoms. The second-order valence-electron chi connectivity index (χ2n) is 2.94. The minimum Gasteiger partial charge on any atom is -0.394 e. The molecule has 2 heteroatoms. The highest BCUT2D eigenvalue weighted by Gasteiger charge is 2.37. The second-order valence-corrected chi connectivity index (χ2v) is 2.94. The third kappa shape index (κ3) is 1.01. The average molecular weight is 115 g/mol. The molecule has 48 valence electrons. The fourth-order valence-corrected chi connectivity index (χ4v) is 0.872. The lowest BCUT2D eigenvalue weighted by Gasteiger charge is -2.20. The van der Waals surface area contributed by atoms with Gasteiger partial charge in [0, 0.05) is 5.54 Å². The Labute approximate surface area is 49.7 Å². The van der Waals surface area contributed by atoms with Gasteiger partial charge in [0.25, 0.3) is 0 Å². The van der Waals surface area contributed by atoms with Crippen LogP contribution in [0.1, 0.15) is 19.8 Å². The van der Waals surface area contributed by atoms with Crippen LogP contribution < -0.4 is 5.73 Å². The Kier molecular flexibility index (Phi) is 1.29. The highest BCUT2D eigenvalue weighted by molar-refractivity contribution is 4.94. The van der Waals surface area contributed by atoms with Crippen LogP contribution in [-0.2, 0) is 0 Å². The molecule has 3 N–H and O–H groups in total. The number of rotatable bonds is 2. The largest absolute Gasteiger partial charge is 0.394 e. The number of hydrogen-bond acceptors (Lipinski definition) is 2. The molecular formula is C6H13NO. The Bertz CT molecular complexity index is 86.5. The van der Waals surface area contributed by atoms with E-state index in [-0.39, 0.29) is 12.1 Å². The predicted octanol–water partition coefficient (Wildman–Crippen LogP) is 0.106. The molecule has 1 fully saturated rings. The molecule has 2 nitrogen and oxygen atoms in total. The maximum absolute atomic E-state index is 8.68. The van der Waals surface area contributed by atoms with Crippen molar-refractivity contribution in [3.8, 4) is 0 Å². The maximum Gasteiger partial charge on any atom is 0.0611 e. The van der Waals surface area contributed by atoms with E-state index < -0.39 is 0 Å². The Morgan fingerprint density at radius 2 is 2.25 bits per heavy atom. The highest BCUT2D eigenvalue weighted by Crippen LogP contribution is 2.37. The fraction of sp³-hybridized carbons (Fsp3) is 1.00. The molecule has 8 heavy (non-hydrogen) atoms. The zero-order valence-electron chi connectivity index (χ0n) is 5.22. The molecule has 0 heterocycles. The van der Waals surface area contributed by atoms with Crippen molar-refractivity contribution in [2.45, 2.75) is 25.3 Å². The molecule has 1 aliphatic carbocycles. The standard InChI is InChI=1S/C6H13NO/c1-6(7,4-8)5-2-3-5/h5,8H,2-4,7H2,1H3/t6-/m1/s1. The quantitative estimate of drug-likeness (QED) is 0.536. The number of aliphatic hydroxyl groups is 1. The van der Waals surface area contributed by atoms with Crippen LogP contribution >= 0.6 is 0 Å². The molecule has 0 radical (unpaired) electrons. The van der Waals surface area contributed by atoms with Gasteiger partial charge in [-0.05, 0) is 25.7 Å². The summed E-state index contributed by atoms with van der Waals surface area (Å²) in [5.41, 5.74) is 5.38. The van der Waals surface area contributed by atoms with Gasteiger partial charge in [0.15, 0.2) is 0 Å². The van der Waals surface area contributed by atoms with Crippen molar-refractivity contribution in [3.05, 3.63) is 0 Å². The van der Waals surface area contributed by atoms with Crippen molar-refractivity contribution in [1.82, 2.24) is 0 Å². The Hall–Kier alpha value is -0.0800. The average Bonchev–Trinajstić information content (AvgIpc) is 2.44. The Balaban J connectivity index is 2.37. The third-order valence-electron chi connectivity index (χ3n) is 1.85. The van der Waals surface area contributed by atoms with E-state index in [1.54, 1.807) is 0 Å². The predicted molar refractivity (Wildman–Crippen MR) is 32.4 cm³/mol. The molecule has 1 atom stereocenters. The normalized spacial score (nSPS) is 27.4. The number of aliphatic hydroxyl groups excluding tert-OH is 1. The molecule has 0 bridgehead atoms. The van der Waals surface area contributed by atoms with E-state index in [1.165, 1.54) is 12.8 Å². The van der Waals surface area contributed by atoms with E-state index in [1.807, 2.05) is 6.92 Å². The SMILES string of the molecule is C[C@@](N)(CO)C1CC1. The van der Waals surface area contributed by atoms with Crippen molar-refractivity contribution in [2.24, 2.45) is 11.7 Å². The fourth-order valence-electron chi connectivity index (χ4n) is 0.872. The van der Waals surface area contributed by atoms with Crippen LogP contribution in [0.5, 0.6) is 0 Å². The van der Waals surface area contributed by atoms with Crippen LogP contribution in [0.3, 0.4) is 0 Å².